The third-order valence-corrected chi connectivity index (χ3v) is 7.50. The molecule has 1 aliphatic carbocycles. The number of ether oxygens (including phenoxy) is 2. The van der Waals surface area contributed by atoms with Crippen LogP contribution in [-0.2, 0) is 17.4 Å². The van der Waals surface area contributed by atoms with Gasteiger partial charge in [-0.3, -0.25) is 14.6 Å². The van der Waals surface area contributed by atoms with Gasteiger partial charge in [0.05, 0.1) is 11.7 Å². The third-order valence-electron chi connectivity index (χ3n) is 7.50. The van der Waals surface area contributed by atoms with Crippen molar-refractivity contribution in [3.63, 3.8) is 0 Å². The maximum absolute atomic E-state index is 14.0. The van der Waals surface area contributed by atoms with Gasteiger partial charge >= 0.3 is 0 Å². The predicted molar refractivity (Wildman–Crippen MR) is 152 cm³/mol. The van der Waals surface area contributed by atoms with Crippen molar-refractivity contribution < 1.29 is 23.8 Å². The minimum atomic E-state index is -1.14. The van der Waals surface area contributed by atoms with E-state index in [0.717, 1.165) is 0 Å². The fourth-order valence-electron chi connectivity index (χ4n) is 5.17. The summed E-state index contributed by atoms with van der Waals surface area (Å²) in [6.07, 6.45) is 4.23. The standard InChI is InChI=1S/C31H38FN3O5/c1-18-13-22(32)14-19(2)30(18)40-27-12-7-21(31(4,5)38)15-25(27)26-17-34(6)29(37)16-28(26)39-24-10-8-23(9-11-24)35(33)20(3)36/h7,12-17,23-24,38H,8-11,33H2,1-6H3. The lowest BCUT2D eigenvalue weighted by Gasteiger charge is -2.34. The lowest BCUT2D eigenvalue weighted by Crippen LogP contribution is -2.47. The Morgan fingerprint density at radius 2 is 1.68 bits per heavy atom. The molecule has 40 heavy (non-hydrogen) atoms. The molecule has 1 aromatic heterocycles. The molecule has 0 saturated heterocycles. The molecule has 1 saturated carbocycles. The van der Waals surface area contributed by atoms with Crippen molar-refractivity contribution in [3.05, 3.63) is 75.5 Å². The monoisotopic (exact) mass is 551 g/mol. The average molecular weight is 552 g/mol. The number of nitrogens with zero attached hydrogens (tertiary/aromatic N) is 2. The Kier molecular flexibility index (Phi) is 8.37. The molecule has 0 atom stereocenters. The number of aliphatic hydroxyl groups is 1. The van der Waals surface area contributed by atoms with E-state index in [1.54, 1.807) is 53.1 Å². The molecule has 0 spiro atoms. The first-order chi connectivity index (χ1) is 18.7. The summed E-state index contributed by atoms with van der Waals surface area (Å²) < 4.78 is 28.3. The number of aryl methyl sites for hydroxylation is 3. The first-order valence-corrected chi connectivity index (χ1v) is 13.5. The number of aromatic nitrogens is 1. The van der Waals surface area contributed by atoms with Gasteiger partial charge in [-0.05, 0) is 94.3 Å². The van der Waals surface area contributed by atoms with Gasteiger partial charge in [0.2, 0.25) is 5.91 Å². The van der Waals surface area contributed by atoms with Crippen molar-refractivity contribution >= 4 is 5.91 Å². The van der Waals surface area contributed by atoms with Gasteiger partial charge in [-0.1, -0.05) is 6.07 Å². The van der Waals surface area contributed by atoms with Crippen molar-refractivity contribution in [1.29, 1.82) is 0 Å². The largest absolute Gasteiger partial charge is 0.490 e. The molecule has 8 nitrogen and oxygen atoms in total. The van der Waals surface area contributed by atoms with Crippen molar-refractivity contribution in [2.45, 2.75) is 78.0 Å². The first-order valence-electron chi connectivity index (χ1n) is 13.5. The van der Waals surface area contributed by atoms with Crippen LogP contribution in [0.15, 0.2) is 47.4 Å². The van der Waals surface area contributed by atoms with Crippen LogP contribution >= 0.6 is 0 Å². The molecule has 3 N–H and O–H groups in total. The lowest BCUT2D eigenvalue weighted by atomic mass is 9.92. The molecule has 1 heterocycles. The molecule has 0 unspecified atom stereocenters. The van der Waals surface area contributed by atoms with E-state index in [4.69, 9.17) is 15.3 Å². The van der Waals surface area contributed by atoms with Crippen LogP contribution in [0.5, 0.6) is 17.2 Å². The number of rotatable bonds is 7. The Morgan fingerprint density at radius 3 is 2.25 bits per heavy atom. The average Bonchev–Trinajstić information content (AvgIpc) is 2.87. The summed E-state index contributed by atoms with van der Waals surface area (Å²) in [4.78, 5) is 24.4. The second-order valence-corrected chi connectivity index (χ2v) is 11.2. The summed E-state index contributed by atoms with van der Waals surface area (Å²) >= 11 is 0. The summed E-state index contributed by atoms with van der Waals surface area (Å²) in [6.45, 7) is 8.40. The van der Waals surface area contributed by atoms with E-state index in [-0.39, 0.29) is 29.4 Å². The van der Waals surface area contributed by atoms with E-state index in [0.29, 0.717) is 70.7 Å². The Morgan fingerprint density at radius 1 is 1.05 bits per heavy atom. The molecule has 2 aromatic carbocycles. The van der Waals surface area contributed by atoms with Gasteiger partial charge in [0, 0.05) is 43.4 Å². The first kappa shape index (κ1) is 29.3. The summed E-state index contributed by atoms with van der Waals surface area (Å²) in [6, 6.07) is 9.61. The van der Waals surface area contributed by atoms with Gasteiger partial charge in [0.25, 0.3) is 5.56 Å². The normalized spacial score (nSPS) is 17.4. The zero-order valence-corrected chi connectivity index (χ0v) is 24.0. The van der Waals surface area contributed by atoms with Crippen LogP contribution in [-0.4, -0.2) is 32.7 Å². The van der Waals surface area contributed by atoms with Gasteiger partial charge in [-0.15, -0.1) is 0 Å². The number of pyridine rings is 1. The van der Waals surface area contributed by atoms with Crippen molar-refractivity contribution in [2.75, 3.05) is 0 Å². The van der Waals surface area contributed by atoms with Crippen molar-refractivity contribution in [1.82, 2.24) is 9.58 Å². The number of carbonyl (C=O) groups is 1. The van der Waals surface area contributed by atoms with E-state index in [1.165, 1.54) is 34.7 Å². The predicted octanol–water partition coefficient (Wildman–Crippen LogP) is 5.24. The molecule has 1 fully saturated rings. The molecule has 0 radical (unpaired) electrons. The third kappa shape index (κ3) is 6.37. The zero-order valence-electron chi connectivity index (χ0n) is 24.0. The fourth-order valence-corrected chi connectivity index (χ4v) is 5.17. The maximum atomic E-state index is 14.0. The number of hydrazine groups is 1. The summed E-state index contributed by atoms with van der Waals surface area (Å²) in [5.41, 5.74) is 1.79. The van der Waals surface area contributed by atoms with Crippen molar-refractivity contribution in [2.24, 2.45) is 12.9 Å². The SMILES string of the molecule is CC(=O)N(N)C1CCC(Oc2cc(=O)n(C)cc2-c2cc(C(C)(C)O)ccc2Oc2c(C)cc(F)cc2C)CC1. The smallest absolute Gasteiger partial charge is 0.254 e. The highest BCUT2D eigenvalue weighted by Crippen LogP contribution is 2.42. The molecular formula is C31H38FN3O5. The van der Waals surface area contributed by atoms with Crippen LogP contribution in [0.3, 0.4) is 0 Å². The quantitative estimate of drug-likeness (QED) is 0.236. The number of nitrogens with two attached hydrogens (primary N) is 1. The van der Waals surface area contributed by atoms with Gasteiger partial charge in [0.15, 0.2) is 0 Å². The van der Waals surface area contributed by atoms with E-state index < -0.39 is 5.60 Å². The Bertz CT molecular complexity index is 1450. The van der Waals surface area contributed by atoms with Crippen LogP contribution < -0.4 is 20.9 Å². The van der Waals surface area contributed by atoms with Gasteiger partial charge in [0.1, 0.15) is 23.1 Å². The second kappa shape index (κ2) is 11.4. The number of hydrogen-bond acceptors (Lipinski definition) is 6. The lowest BCUT2D eigenvalue weighted by molar-refractivity contribution is -0.132. The van der Waals surface area contributed by atoms with Gasteiger partial charge in [-0.25, -0.2) is 10.2 Å². The molecule has 1 aliphatic rings. The number of benzene rings is 2. The number of halogens is 1. The molecule has 0 bridgehead atoms. The number of amides is 1. The summed E-state index contributed by atoms with van der Waals surface area (Å²) in [5, 5.41) is 12.1. The topological polar surface area (TPSA) is 107 Å². The van der Waals surface area contributed by atoms with Crippen LogP contribution in [0.2, 0.25) is 0 Å². The second-order valence-electron chi connectivity index (χ2n) is 11.2. The molecule has 0 aliphatic heterocycles. The van der Waals surface area contributed by atoms with Crippen LogP contribution in [0, 0.1) is 19.7 Å². The maximum Gasteiger partial charge on any atom is 0.254 e. The summed E-state index contributed by atoms with van der Waals surface area (Å²) in [5.74, 6) is 6.80. The van der Waals surface area contributed by atoms with Gasteiger partial charge < -0.3 is 19.1 Å². The highest BCUT2D eigenvalue weighted by molar-refractivity contribution is 5.76. The van der Waals surface area contributed by atoms with E-state index >= 15 is 0 Å². The molecular weight excluding hydrogens is 513 g/mol. The Labute approximate surface area is 234 Å². The number of carbonyl (C=O) groups excluding carboxylic acids is 1. The van der Waals surface area contributed by atoms with E-state index in [9.17, 15) is 19.1 Å². The van der Waals surface area contributed by atoms with Crippen LogP contribution in [0.4, 0.5) is 4.39 Å². The van der Waals surface area contributed by atoms with Gasteiger partial charge in [-0.2, -0.15) is 0 Å². The highest BCUT2D eigenvalue weighted by atomic mass is 19.1. The Balaban J connectivity index is 1.76. The summed E-state index contributed by atoms with van der Waals surface area (Å²) in [7, 11) is 1.66. The van der Waals surface area contributed by atoms with E-state index in [1.807, 2.05) is 6.07 Å². The number of hydrogen-bond donors (Lipinski definition) is 2. The fraction of sp³-hybridized carbons (Fsp3) is 0.419. The molecule has 9 heteroatoms. The molecule has 4 rings (SSSR count). The minimum Gasteiger partial charge on any atom is -0.490 e. The molecule has 214 valence electrons. The molecule has 3 aromatic rings. The van der Waals surface area contributed by atoms with Crippen LogP contribution in [0.1, 0.15) is 63.1 Å². The highest BCUT2D eigenvalue weighted by Gasteiger charge is 2.28. The molecule has 1 amide bonds. The van der Waals surface area contributed by atoms with Crippen LogP contribution in [0.25, 0.3) is 11.1 Å². The Hall–Kier alpha value is -3.69. The van der Waals surface area contributed by atoms with E-state index in [2.05, 4.69) is 0 Å². The van der Waals surface area contributed by atoms with Crippen molar-refractivity contribution in [3.8, 4) is 28.4 Å². The zero-order chi connectivity index (χ0) is 29.4. The minimum absolute atomic E-state index is 0.0499.